The molecule has 1 aromatic carbocycles. The molecule has 0 atom stereocenters. The number of anilines is 1. The number of nitrogens with zero attached hydrogens (tertiary/aromatic N) is 2. The van der Waals surface area contributed by atoms with Gasteiger partial charge in [-0.1, -0.05) is 0 Å². The van der Waals surface area contributed by atoms with Crippen LogP contribution in [0.3, 0.4) is 0 Å². The molecule has 0 aliphatic heterocycles. The minimum absolute atomic E-state index is 0.258. The van der Waals surface area contributed by atoms with Crippen LogP contribution in [0.25, 0.3) is 11.3 Å². The molecule has 3 N–H and O–H groups in total. The number of nitrogens with two attached hydrogens (primary N) is 1. The third-order valence-electron chi connectivity index (χ3n) is 2.22. The van der Waals surface area contributed by atoms with Gasteiger partial charge in [-0.15, -0.1) is 0 Å². The smallest absolute Gasteiger partial charge is 0.237 e. The zero-order chi connectivity index (χ0) is 12.3. The Labute approximate surface area is 97.4 Å². The summed E-state index contributed by atoms with van der Waals surface area (Å²) >= 11 is 0. The number of benzene rings is 1. The number of halogens is 1. The maximum atomic E-state index is 13.2. The fourth-order valence-corrected chi connectivity index (χ4v) is 1.46. The maximum Gasteiger partial charge on any atom is 0.237 e. The summed E-state index contributed by atoms with van der Waals surface area (Å²) in [5.74, 6) is 5.65. The first kappa shape index (κ1) is 11.3. The molecule has 6 heteroatoms. The lowest BCUT2D eigenvalue weighted by atomic mass is 10.1. The molecule has 0 saturated carbocycles. The van der Waals surface area contributed by atoms with Crippen molar-refractivity contribution in [1.82, 2.24) is 9.97 Å². The number of methoxy groups -OCH3 is 1. The van der Waals surface area contributed by atoms with E-state index in [9.17, 15) is 4.39 Å². The zero-order valence-corrected chi connectivity index (χ0v) is 9.14. The molecule has 0 saturated heterocycles. The number of aromatic nitrogens is 2. The second-order valence-electron chi connectivity index (χ2n) is 3.25. The summed E-state index contributed by atoms with van der Waals surface area (Å²) in [5, 5.41) is 0. The first-order valence-corrected chi connectivity index (χ1v) is 4.88. The Morgan fingerprint density at radius 2 is 2.18 bits per heavy atom. The van der Waals surface area contributed by atoms with Gasteiger partial charge in [0.15, 0.2) is 0 Å². The highest BCUT2D eigenvalue weighted by molar-refractivity contribution is 5.67. The molecule has 0 amide bonds. The number of rotatable bonds is 3. The van der Waals surface area contributed by atoms with Crippen molar-refractivity contribution < 1.29 is 9.13 Å². The second-order valence-corrected chi connectivity index (χ2v) is 3.25. The summed E-state index contributed by atoms with van der Waals surface area (Å²) < 4.78 is 18.4. The maximum absolute atomic E-state index is 13.2. The third-order valence-corrected chi connectivity index (χ3v) is 2.22. The van der Waals surface area contributed by atoms with E-state index < -0.39 is 0 Å². The fourth-order valence-electron chi connectivity index (χ4n) is 1.46. The van der Waals surface area contributed by atoms with E-state index in [1.165, 1.54) is 25.4 Å². The predicted molar refractivity (Wildman–Crippen MR) is 61.8 cm³/mol. The van der Waals surface area contributed by atoms with E-state index in [2.05, 4.69) is 15.4 Å². The summed E-state index contributed by atoms with van der Waals surface area (Å²) in [6.07, 6.45) is 1.53. The minimum Gasteiger partial charge on any atom is -0.496 e. The van der Waals surface area contributed by atoms with Crippen LogP contribution in [0.4, 0.5) is 10.3 Å². The number of nitrogens with one attached hydrogen (secondary N) is 1. The van der Waals surface area contributed by atoms with Gasteiger partial charge in [0.05, 0.1) is 12.8 Å². The van der Waals surface area contributed by atoms with Crippen LogP contribution in [0.2, 0.25) is 0 Å². The van der Waals surface area contributed by atoms with Crippen molar-refractivity contribution in [3.63, 3.8) is 0 Å². The van der Waals surface area contributed by atoms with E-state index >= 15 is 0 Å². The summed E-state index contributed by atoms with van der Waals surface area (Å²) in [7, 11) is 1.51. The summed E-state index contributed by atoms with van der Waals surface area (Å²) in [4.78, 5) is 8.00. The van der Waals surface area contributed by atoms with Crippen LogP contribution in [-0.4, -0.2) is 17.1 Å². The van der Waals surface area contributed by atoms with Crippen molar-refractivity contribution in [1.29, 1.82) is 0 Å². The molecule has 1 heterocycles. The van der Waals surface area contributed by atoms with Gasteiger partial charge in [0.2, 0.25) is 5.95 Å². The quantitative estimate of drug-likeness (QED) is 0.623. The molecule has 0 fully saturated rings. The van der Waals surface area contributed by atoms with E-state index in [0.717, 1.165) is 0 Å². The fraction of sp³-hybridized carbons (Fsp3) is 0.0909. The van der Waals surface area contributed by atoms with Crippen molar-refractivity contribution in [2.75, 3.05) is 12.5 Å². The molecule has 2 aromatic rings. The normalized spacial score (nSPS) is 10.1. The van der Waals surface area contributed by atoms with E-state index in [4.69, 9.17) is 10.6 Å². The highest BCUT2D eigenvalue weighted by Crippen LogP contribution is 2.29. The van der Waals surface area contributed by atoms with Crippen molar-refractivity contribution >= 4 is 5.95 Å². The van der Waals surface area contributed by atoms with Crippen LogP contribution in [-0.2, 0) is 0 Å². The van der Waals surface area contributed by atoms with Gasteiger partial charge in [-0.3, -0.25) is 5.43 Å². The van der Waals surface area contributed by atoms with Crippen LogP contribution >= 0.6 is 0 Å². The third kappa shape index (κ3) is 2.31. The molecule has 0 radical (unpaired) electrons. The van der Waals surface area contributed by atoms with Gasteiger partial charge >= 0.3 is 0 Å². The predicted octanol–water partition coefficient (Wildman–Crippen LogP) is 1.58. The van der Waals surface area contributed by atoms with Gasteiger partial charge in [0.1, 0.15) is 11.6 Å². The van der Waals surface area contributed by atoms with Crippen molar-refractivity contribution in [2.45, 2.75) is 0 Å². The van der Waals surface area contributed by atoms with Crippen molar-refractivity contribution in [3.8, 4) is 17.0 Å². The molecule has 2 rings (SSSR count). The van der Waals surface area contributed by atoms with E-state index in [0.29, 0.717) is 17.0 Å². The number of nitrogen functional groups attached to an aromatic ring is 1. The molecule has 1 aromatic heterocycles. The number of ether oxygens (including phenoxy) is 1. The van der Waals surface area contributed by atoms with Gasteiger partial charge in [-0.25, -0.2) is 20.2 Å². The molecule has 0 unspecified atom stereocenters. The highest BCUT2D eigenvalue weighted by Gasteiger charge is 2.09. The van der Waals surface area contributed by atoms with Crippen LogP contribution in [0.15, 0.2) is 30.5 Å². The molecule has 17 heavy (non-hydrogen) atoms. The first-order chi connectivity index (χ1) is 8.24. The Morgan fingerprint density at radius 1 is 1.35 bits per heavy atom. The molecule has 88 valence electrons. The lowest BCUT2D eigenvalue weighted by Gasteiger charge is -2.08. The standard InChI is InChI=1S/C11H11FN4O/c1-17-10-3-2-7(12)6-8(10)9-4-5-14-11(15-9)16-13/h2-6H,13H2,1H3,(H,14,15,16). The largest absolute Gasteiger partial charge is 0.496 e. The monoisotopic (exact) mass is 234 g/mol. The Balaban J connectivity index is 2.54. The molecule has 0 spiro atoms. The first-order valence-electron chi connectivity index (χ1n) is 4.88. The van der Waals surface area contributed by atoms with Crippen LogP contribution < -0.4 is 16.0 Å². The van der Waals surface area contributed by atoms with E-state index in [-0.39, 0.29) is 11.8 Å². The van der Waals surface area contributed by atoms with E-state index in [1.54, 1.807) is 12.1 Å². The van der Waals surface area contributed by atoms with Gasteiger partial charge in [0.25, 0.3) is 0 Å². The van der Waals surface area contributed by atoms with Gasteiger partial charge in [-0.2, -0.15) is 0 Å². The van der Waals surface area contributed by atoms with Crippen LogP contribution in [0, 0.1) is 5.82 Å². The molecule has 0 bridgehead atoms. The topological polar surface area (TPSA) is 73.1 Å². The van der Waals surface area contributed by atoms with Gasteiger partial charge in [-0.05, 0) is 24.3 Å². The van der Waals surface area contributed by atoms with Gasteiger partial charge in [0, 0.05) is 11.8 Å². The molecule has 5 nitrogen and oxygen atoms in total. The van der Waals surface area contributed by atoms with Crippen molar-refractivity contribution in [2.24, 2.45) is 5.84 Å². The van der Waals surface area contributed by atoms with E-state index in [1.807, 2.05) is 0 Å². The zero-order valence-electron chi connectivity index (χ0n) is 9.14. The SMILES string of the molecule is COc1ccc(F)cc1-c1ccnc(NN)n1. The molecular weight excluding hydrogens is 223 g/mol. The summed E-state index contributed by atoms with van der Waals surface area (Å²) in [6, 6.07) is 5.87. The second kappa shape index (κ2) is 4.75. The number of hydrazine groups is 1. The number of hydrogen-bond acceptors (Lipinski definition) is 5. The Bertz CT molecular complexity index is 533. The highest BCUT2D eigenvalue weighted by atomic mass is 19.1. The molecule has 0 aliphatic carbocycles. The number of hydrogen-bond donors (Lipinski definition) is 2. The molecular formula is C11H11FN4O. The summed E-state index contributed by atoms with van der Waals surface area (Å²) in [5.41, 5.74) is 3.41. The Kier molecular flexibility index (Phi) is 3.15. The van der Waals surface area contributed by atoms with Crippen LogP contribution in [0.1, 0.15) is 0 Å². The average molecular weight is 234 g/mol. The summed E-state index contributed by atoms with van der Waals surface area (Å²) in [6.45, 7) is 0. The van der Waals surface area contributed by atoms with Crippen molar-refractivity contribution in [3.05, 3.63) is 36.3 Å². The van der Waals surface area contributed by atoms with Crippen LogP contribution in [0.5, 0.6) is 5.75 Å². The van der Waals surface area contributed by atoms with Gasteiger partial charge < -0.3 is 4.74 Å². The minimum atomic E-state index is -0.360. The lowest BCUT2D eigenvalue weighted by Crippen LogP contribution is -2.10. The molecule has 0 aliphatic rings. The Morgan fingerprint density at radius 3 is 2.88 bits per heavy atom. The Hall–Kier alpha value is -2.21. The average Bonchev–Trinajstić information content (AvgIpc) is 2.39. The lowest BCUT2D eigenvalue weighted by molar-refractivity contribution is 0.415.